The second-order valence-corrected chi connectivity index (χ2v) is 4.65. The first-order valence-electron chi connectivity index (χ1n) is 5.23. The normalized spacial score (nSPS) is 17.9. The quantitative estimate of drug-likeness (QED) is 0.765. The summed E-state index contributed by atoms with van der Waals surface area (Å²) in [7, 11) is 0. The number of nitrogens with zero attached hydrogens (tertiary/aromatic N) is 2. The highest BCUT2D eigenvalue weighted by Crippen LogP contribution is 2.18. The molecule has 76 valence electrons. The molecule has 0 spiro atoms. The first-order chi connectivity index (χ1) is 6.86. The lowest BCUT2D eigenvalue weighted by atomic mass is 10.2. The van der Waals surface area contributed by atoms with Crippen molar-refractivity contribution in [2.45, 2.75) is 25.7 Å². The Bertz CT molecular complexity index is 276. The highest BCUT2D eigenvalue weighted by atomic mass is 79.9. The van der Waals surface area contributed by atoms with Crippen LogP contribution in [0.3, 0.4) is 0 Å². The first-order valence-corrected chi connectivity index (χ1v) is 6.02. The van der Waals surface area contributed by atoms with Crippen molar-refractivity contribution in [3.05, 3.63) is 22.8 Å². The Morgan fingerprint density at radius 3 is 2.36 bits per heavy atom. The topological polar surface area (TPSA) is 16.1 Å². The number of rotatable bonds is 1. The second kappa shape index (κ2) is 4.78. The van der Waals surface area contributed by atoms with Gasteiger partial charge in [-0.3, -0.25) is 0 Å². The van der Waals surface area contributed by atoms with Crippen LogP contribution >= 0.6 is 15.9 Å². The van der Waals surface area contributed by atoms with E-state index in [9.17, 15) is 0 Å². The molecule has 0 unspecified atom stereocenters. The standard InChI is InChI=1S/C11H15BrN2/c12-10-5-6-11(13-9-10)14-7-3-1-2-4-8-14/h5-6,9H,1-4,7-8H2. The van der Waals surface area contributed by atoms with Gasteiger partial charge in [0, 0.05) is 23.8 Å². The highest BCUT2D eigenvalue weighted by molar-refractivity contribution is 9.10. The van der Waals surface area contributed by atoms with E-state index >= 15 is 0 Å². The molecule has 2 heterocycles. The molecule has 0 radical (unpaired) electrons. The van der Waals surface area contributed by atoms with E-state index in [1.54, 1.807) is 0 Å². The van der Waals surface area contributed by atoms with Gasteiger partial charge in [-0.25, -0.2) is 4.98 Å². The summed E-state index contributed by atoms with van der Waals surface area (Å²) >= 11 is 3.40. The molecule has 1 saturated heterocycles. The molecule has 1 aromatic heterocycles. The van der Waals surface area contributed by atoms with Crippen LogP contribution in [0.4, 0.5) is 5.82 Å². The molecule has 14 heavy (non-hydrogen) atoms. The Morgan fingerprint density at radius 2 is 1.79 bits per heavy atom. The number of pyridine rings is 1. The summed E-state index contributed by atoms with van der Waals surface area (Å²) in [4.78, 5) is 6.81. The van der Waals surface area contributed by atoms with Crippen LogP contribution < -0.4 is 4.90 Å². The molecule has 0 saturated carbocycles. The molecular weight excluding hydrogens is 240 g/mol. The molecule has 0 amide bonds. The predicted molar refractivity (Wildman–Crippen MR) is 62.6 cm³/mol. The third-order valence-corrected chi connectivity index (χ3v) is 3.11. The van der Waals surface area contributed by atoms with E-state index in [1.807, 2.05) is 6.20 Å². The van der Waals surface area contributed by atoms with E-state index in [0.29, 0.717) is 0 Å². The Morgan fingerprint density at radius 1 is 1.07 bits per heavy atom. The van der Waals surface area contributed by atoms with Gasteiger partial charge in [-0.1, -0.05) is 12.8 Å². The zero-order valence-electron chi connectivity index (χ0n) is 8.25. The van der Waals surface area contributed by atoms with Crippen molar-refractivity contribution in [2.24, 2.45) is 0 Å². The van der Waals surface area contributed by atoms with E-state index in [0.717, 1.165) is 23.4 Å². The molecule has 1 aromatic rings. The average Bonchev–Trinajstić information content (AvgIpc) is 2.47. The molecule has 1 aliphatic rings. The summed E-state index contributed by atoms with van der Waals surface area (Å²) in [5, 5.41) is 0. The Balaban J connectivity index is 2.08. The lowest BCUT2D eigenvalue weighted by molar-refractivity contribution is 0.726. The molecule has 0 aromatic carbocycles. The van der Waals surface area contributed by atoms with Gasteiger partial charge in [0.05, 0.1) is 0 Å². The molecule has 0 aliphatic carbocycles. The maximum Gasteiger partial charge on any atom is 0.128 e. The van der Waals surface area contributed by atoms with Crippen LogP contribution in [0.15, 0.2) is 22.8 Å². The van der Waals surface area contributed by atoms with Crippen molar-refractivity contribution in [1.82, 2.24) is 4.98 Å². The van der Waals surface area contributed by atoms with Crippen LogP contribution in [-0.4, -0.2) is 18.1 Å². The minimum Gasteiger partial charge on any atom is -0.357 e. The van der Waals surface area contributed by atoms with Gasteiger partial charge in [-0.2, -0.15) is 0 Å². The van der Waals surface area contributed by atoms with E-state index < -0.39 is 0 Å². The zero-order valence-corrected chi connectivity index (χ0v) is 9.83. The number of aromatic nitrogens is 1. The first kappa shape index (κ1) is 9.97. The zero-order chi connectivity index (χ0) is 9.80. The predicted octanol–water partition coefficient (Wildman–Crippen LogP) is 3.22. The Kier molecular flexibility index (Phi) is 3.40. The van der Waals surface area contributed by atoms with Crippen molar-refractivity contribution >= 4 is 21.7 Å². The number of halogens is 1. The van der Waals surface area contributed by atoms with Gasteiger partial charge in [0.25, 0.3) is 0 Å². The van der Waals surface area contributed by atoms with Gasteiger partial charge in [0.15, 0.2) is 0 Å². The minimum atomic E-state index is 1.05. The number of anilines is 1. The van der Waals surface area contributed by atoms with Gasteiger partial charge in [-0.15, -0.1) is 0 Å². The smallest absolute Gasteiger partial charge is 0.128 e. The summed E-state index contributed by atoms with van der Waals surface area (Å²) in [5.74, 6) is 1.12. The van der Waals surface area contributed by atoms with Crippen LogP contribution in [0.2, 0.25) is 0 Å². The molecule has 0 atom stereocenters. The molecule has 1 fully saturated rings. The van der Waals surface area contributed by atoms with Crippen molar-refractivity contribution in [2.75, 3.05) is 18.0 Å². The van der Waals surface area contributed by atoms with Gasteiger partial charge < -0.3 is 4.90 Å². The second-order valence-electron chi connectivity index (χ2n) is 3.74. The lowest BCUT2D eigenvalue weighted by Crippen LogP contribution is -2.24. The van der Waals surface area contributed by atoms with E-state index in [1.165, 1.54) is 25.7 Å². The third kappa shape index (κ3) is 2.47. The summed E-state index contributed by atoms with van der Waals surface area (Å²) in [6.45, 7) is 2.32. The Labute approximate surface area is 93.5 Å². The molecule has 0 N–H and O–H groups in total. The largest absolute Gasteiger partial charge is 0.357 e. The maximum atomic E-state index is 4.42. The number of hydrogen-bond donors (Lipinski definition) is 0. The van der Waals surface area contributed by atoms with Crippen molar-refractivity contribution in [3.63, 3.8) is 0 Å². The minimum absolute atomic E-state index is 1.05. The van der Waals surface area contributed by atoms with Crippen LogP contribution in [0.25, 0.3) is 0 Å². The fraction of sp³-hybridized carbons (Fsp3) is 0.545. The average molecular weight is 255 g/mol. The molecular formula is C11H15BrN2. The maximum absolute atomic E-state index is 4.42. The summed E-state index contributed by atoms with van der Waals surface area (Å²) in [6.07, 6.45) is 7.22. The van der Waals surface area contributed by atoms with Gasteiger partial charge in [0.1, 0.15) is 5.82 Å². The fourth-order valence-electron chi connectivity index (χ4n) is 1.85. The van der Waals surface area contributed by atoms with Crippen molar-refractivity contribution in [1.29, 1.82) is 0 Å². The fourth-order valence-corrected chi connectivity index (χ4v) is 2.09. The van der Waals surface area contributed by atoms with Gasteiger partial charge >= 0.3 is 0 Å². The molecule has 0 bridgehead atoms. The number of hydrogen-bond acceptors (Lipinski definition) is 2. The van der Waals surface area contributed by atoms with E-state index in [-0.39, 0.29) is 0 Å². The monoisotopic (exact) mass is 254 g/mol. The van der Waals surface area contributed by atoms with Crippen LogP contribution in [0.5, 0.6) is 0 Å². The molecule has 3 heteroatoms. The van der Waals surface area contributed by atoms with Crippen molar-refractivity contribution in [3.8, 4) is 0 Å². The third-order valence-electron chi connectivity index (χ3n) is 2.64. The molecule has 1 aliphatic heterocycles. The van der Waals surface area contributed by atoms with E-state index in [4.69, 9.17) is 0 Å². The van der Waals surface area contributed by atoms with Crippen LogP contribution in [0, 0.1) is 0 Å². The van der Waals surface area contributed by atoms with Gasteiger partial charge in [-0.05, 0) is 40.9 Å². The van der Waals surface area contributed by atoms with Crippen molar-refractivity contribution < 1.29 is 0 Å². The summed E-state index contributed by atoms with van der Waals surface area (Å²) in [6, 6.07) is 4.16. The summed E-state index contributed by atoms with van der Waals surface area (Å²) in [5.41, 5.74) is 0. The lowest BCUT2D eigenvalue weighted by Gasteiger charge is -2.20. The SMILES string of the molecule is Brc1ccc(N2CCCCCC2)nc1. The highest BCUT2D eigenvalue weighted by Gasteiger charge is 2.10. The Hall–Kier alpha value is -0.570. The van der Waals surface area contributed by atoms with Gasteiger partial charge in [0.2, 0.25) is 0 Å². The van der Waals surface area contributed by atoms with Crippen LogP contribution in [0.1, 0.15) is 25.7 Å². The molecule has 2 nitrogen and oxygen atoms in total. The summed E-state index contributed by atoms with van der Waals surface area (Å²) < 4.78 is 1.05. The molecule has 2 rings (SSSR count). The van der Waals surface area contributed by atoms with E-state index in [2.05, 4.69) is 37.9 Å². The van der Waals surface area contributed by atoms with Crippen LogP contribution in [-0.2, 0) is 0 Å².